The highest BCUT2D eigenvalue weighted by molar-refractivity contribution is 7.90. The SMILES string of the molecule is CS(=O)(=O)c1ccc(CNc2ncnc3c2CCCC3)cn1. The van der Waals surface area contributed by atoms with Crippen LogP contribution in [-0.2, 0) is 29.2 Å². The van der Waals surface area contributed by atoms with Gasteiger partial charge in [-0.3, -0.25) is 0 Å². The number of nitrogens with one attached hydrogen (secondary N) is 1. The lowest BCUT2D eigenvalue weighted by atomic mass is 9.96. The maximum absolute atomic E-state index is 11.4. The minimum atomic E-state index is -3.25. The maximum Gasteiger partial charge on any atom is 0.192 e. The smallest absolute Gasteiger partial charge is 0.192 e. The van der Waals surface area contributed by atoms with Crippen molar-refractivity contribution in [2.75, 3.05) is 11.6 Å². The van der Waals surface area contributed by atoms with Crippen LogP contribution in [0.2, 0.25) is 0 Å². The Morgan fingerprint density at radius 1 is 1.14 bits per heavy atom. The van der Waals surface area contributed by atoms with Crippen LogP contribution in [0, 0.1) is 0 Å². The van der Waals surface area contributed by atoms with Crippen molar-refractivity contribution in [3.05, 3.63) is 41.5 Å². The van der Waals surface area contributed by atoms with Crippen molar-refractivity contribution in [3.8, 4) is 0 Å². The molecule has 2 aromatic heterocycles. The minimum absolute atomic E-state index is 0.0932. The molecule has 1 N–H and O–H groups in total. The van der Waals surface area contributed by atoms with Gasteiger partial charge in [0.2, 0.25) is 0 Å². The fraction of sp³-hybridized carbons (Fsp3) is 0.400. The molecule has 0 atom stereocenters. The van der Waals surface area contributed by atoms with Crippen molar-refractivity contribution < 1.29 is 8.42 Å². The summed E-state index contributed by atoms with van der Waals surface area (Å²) >= 11 is 0. The highest BCUT2D eigenvalue weighted by atomic mass is 32.2. The third kappa shape index (κ3) is 3.24. The third-order valence-corrected chi connectivity index (χ3v) is 4.76. The Bertz CT molecular complexity index is 773. The number of rotatable bonds is 4. The number of hydrogen-bond acceptors (Lipinski definition) is 6. The quantitative estimate of drug-likeness (QED) is 0.924. The maximum atomic E-state index is 11.4. The molecule has 1 aliphatic rings. The lowest BCUT2D eigenvalue weighted by Gasteiger charge is -2.18. The Morgan fingerprint density at radius 2 is 1.95 bits per heavy atom. The molecule has 6 nitrogen and oxygen atoms in total. The number of aromatic nitrogens is 3. The van der Waals surface area contributed by atoms with Gasteiger partial charge in [-0.25, -0.2) is 23.4 Å². The van der Waals surface area contributed by atoms with Gasteiger partial charge in [-0.1, -0.05) is 6.07 Å². The molecule has 0 fully saturated rings. The van der Waals surface area contributed by atoms with Gasteiger partial charge in [0.05, 0.1) is 0 Å². The van der Waals surface area contributed by atoms with Crippen LogP contribution in [0.15, 0.2) is 29.7 Å². The summed E-state index contributed by atoms with van der Waals surface area (Å²) < 4.78 is 22.8. The van der Waals surface area contributed by atoms with E-state index < -0.39 is 9.84 Å². The fourth-order valence-corrected chi connectivity index (χ4v) is 3.15. The molecule has 0 radical (unpaired) electrons. The van der Waals surface area contributed by atoms with Crippen LogP contribution in [0.25, 0.3) is 0 Å². The molecule has 0 saturated carbocycles. The third-order valence-electron chi connectivity index (χ3n) is 3.76. The standard InChI is InChI=1S/C15H18N4O2S/c1-22(20,21)14-7-6-11(8-16-14)9-17-15-12-4-2-3-5-13(12)18-10-19-15/h6-8,10H,2-5,9H2,1H3,(H,17,18,19). The van der Waals surface area contributed by atoms with Gasteiger partial charge in [-0.15, -0.1) is 0 Å². The first-order chi connectivity index (χ1) is 10.5. The molecule has 2 aromatic rings. The Hall–Kier alpha value is -2.02. The van der Waals surface area contributed by atoms with Crippen LogP contribution >= 0.6 is 0 Å². The second-order valence-electron chi connectivity index (χ2n) is 5.49. The van der Waals surface area contributed by atoms with Crippen LogP contribution < -0.4 is 5.32 Å². The summed E-state index contributed by atoms with van der Waals surface area (Å²) in [6, 6.07) is 3.30. The van der Waals surface area contributed by atoms with E-state index in [0.717, 1.165) is 36.2 Å². The molecule has 0 aromatic carbocycles. The zero-order valence-corrected chi connectivity index (χ0v) is 13.2. The van der Waals surface area contributed by atoms with Crippen LogP contribution in [0.5, 0.6) is 0 Å². The molecule has 2 heterocycles. The van der Waals surface area contributed by atoms with Gasteiger partial charge in [0, 0.05) is 30.3 Å². The van der Waals surface area contributed by atoms with Gasteiger partial charge in [-0.05, 0) is 37.3 Å². The van der Waals surface area contributed by atoms with Gasteiger partial charge in [0.1, 0.15) is 12.1 Å². The average molecular weight is 318 g/mol. The summed E-state index contributed by atoms with van der Waals surface area (Å²) in [6.07, 6.45) is 8.69. The topological polar surface area (TPSA) is 84.8 Å². The number of nitrogens with zero attached hydrogens (tertiary/aromatic N) is 3. The van der Waals surface area contributed by atoms with Crippen LogP contribution in [-0.4, -0.2) is 29.6 Å². The number of pyridine rings is 1. The molecule has 116 valence electrons. The van der Waals surface area contributed by atoms with E-state index in [1.807, 2.05) is 0 Å². The van der Waals surface area contributed by atoms with E-state index in [1.165, 1.54) is 24.5 Å². The molecule has 0 spiro atoms. The van der Waals surface area contributed by atoms with E-state index >= 15 is 0 Å². The second-order valence-corrected chi connectivity index (χ2v) is 7.45. The first-order valence-electron chi connectivity index (χ1n) is 7.25. The number of aryl methyl sites for hydroxylation is 1. The predicted octanol–water partition coefficient (Wildman–Crippen LogP) is 1.77. The van der Waals surface area contributed by atoms with Gasteiger partial charge < -0.3 is 5.32 Å². The van der Waals surface area contributed by atoms with E-state index in [9.17, 15) is 8.42 Å². The van der Waals surface area contributed by atoms with Crippen molar-refractivity contribution in [2.45, 2.75) is 37.3 Å². The first kappa shape index (κ1) is 14.9. The normalized spacial score (nSPS) is 14.4. The van der Waals surface area contributed by atoms with Crippen LogP contribution in [0.1, 0.15) is 29.7 Å². The highest BCUT2D eigenvalue weighted by Crippen LogP contribution is 2.24. The van der Waals surface area contributed by atoms with Crippen molar-refractivity contribution in [1.29, 1.82) is 0 Å². The van der Waals surface area contributed by atoms with Gasteiger partial charge in [0.15, 0.2) is 14.9 Å². The molecule has 0 amide bonds. The van der Waals surface area contributed by atoms with Crippen LogP contribution in [0.3, 0.4) is 0 Å². The summed E-state index contributed by atoms with van der Waals surface area (Å²) in [5, 5.41) is 3.40. The van der Waals surface area contributed by atoms with Crippen LogP contribution in [0.4, 0.5) is 5.82 Å². The molecular formula is C15H18N4O2S. The minimum Gasteiger partial charge on any atom is -0.366 e. The van der Waals surface area contributed by atoms with E-state index in [1.54, 1.807) is 18.6 Å². The monoisotopic (exact) mass is 318 g/mol. The Kier molecular flexibility index (Phi) is 4.06. The molecule has 0 bridgehead atoms. The lowest BCUT2D eigenvalue weighted by Crippen LogP contribution is -2.12. The van der Waals surface area contributed by atoms with Crippen molar-refractivity contribution in [3.63, 3.8) is 0 Å². The second kappa shape index (κ2) is 6.00. The van der Waals surface area contributed by atoms with E-state index in [4.69, 9.17) is 0 Å². The Balaban J connectivity index is 1.73. The summed E-state index contributed by atoms with van der Waals surface area (Å²) in [5.41, 5.74) is 3.25. The first-order valence-corrected chi connectivity index (χ1v) is 9.15. The fourth-order valence-electron chi connectivity index (χ4n) is 2.59. The summed E-state index contributed by atoms with van der Waals surface area (Å²) in [7, 11) is -3.25. The molecule has 22 heavy (non-hydrogen) atoms. The summed E-state index contributed by atoms with van der Waals surface area (Å²) in [4.78, 5) is 12.7. The molecule has 0 aliphatic heterocycles. The van der Waals surface area contributed by atoms with Gasteiger partial charge >= 0.3 is 0 Å². The van der Waals surface area contributed by atoms with E-state index in [-0.39, 0.29) is 5.03 Å². The average Bonchev–Trinajstić information content (AvgIpc) is 2.52. The molecule has 3 rings (SSSR count). The number of anilines is 1. The zero-order valence-electron chi connectivity index (χ0n) is 12.4. The van der Waals surface area contributed by atoms with E-state index in [0.29, 0.717) is 6.54 Å². The van der Waals surface area contributed by atoms with Gasteiger partial charge in [-0.2, -0.15) is 0 Å². The molecule has 0 saturated heterocycles. The molecule has 0 unspecified atom stereocenters. The van der Waals surface area contributed by atoms with Crippen molar-refractivity contribution in [1.82, 2.24) is 15.0 Å². The van der Waals surface area contributed by atoms with Crippen molar-refractivity contribution >= 4 is 15.7 Å². The zero-order chi connectivity index (χ0) is 15.6. The Labute approximate surface area is 130 Å². The Morgan fingerprint density at radius 3 is 2.68 bits per heavy atom. The van der Waals surface area contributed by atoms with Crippen molar-refractivity contribution in [2.24, 2.45) is 0 Å². The summed E-state index contributed by atoms with van der Waals surface area (Å²) in [5.74, 6) is 0.872. The number of hydrogen-bond donors (Lipinski definition) is 1. The summed E-state index contributed by atoms with van der Waals surface area (Å²) in [6.45, 7) is 0.556. The number of fused-ring (bicyclic) bond motifs is 1. The lowest BCUT2D eigenvalue weighted by molar-refractivity contribution is 0.598. The predicted molar refractivity (Wildman–Crippen MR) is 83.3 cm³/mol. The molecular weight excluding hydrogens is 300 g/mol. The van der Waals surface area contributed by atoms with Gasteiger partial charge in [0.25, 0.3) is 0 Å². The van der Waals surface area contributed by atoms with E-state index in [2.05, 4.69) is 20.3 Å². The number of sulfone groups is 1. The largest absolute Gasteiger partial charge is 0.366 e. The molecule has 1 aliphatic carbocycles. The molecule has 7 heteroatoms. The highest BCUT2D eigenvalue weighted by Gasteiger charge is 2.15.